The summed E-state index contributed by atoms with van der Waals surface area (Å²) in [5.41, 5.74) is 0.388. The number of rotatable bonds is 5. The van der Waals surface area contributed by atoms with Gasteiger partial charge in [-0.2, -0.15) is 18.4 Å². The van der Waals surface area contributed by atoms with Crippen LogP contribution in [0.5, 0.6) is 5.75 Å². The van der Waals surface area contributed by atoms with Crippen molar-refractivity contribution in [2.75, 3.05) is 16.3 Å². The van der Waals surface area contributed by atoms with E-state index in [1.165, 1.54) is 11.0 Å². The maximum Gasteiger partial charge on any atom is 0.419 e. The van der Waals surface area contributed by atoms with Crippen LogP contribution >= 0.6 is 12.2 Å². The molecule has 0 spiro atoms. The summed E-state index contributed by atoms with van der Waals surface area (Å²) in [5, 5.41) is 8.98. The highest BCUT2D eigenvalue weighted by atomic mass is 32.1. The number of thiocarbonyl (C=S) groups is 1. The summed E-state index contributed by atoms with van der Waals surface area (Å²) < 4.78 is 45.7. The van der Waals surface area contributed by atoms with Crippen LogP contribution in [0.2, 0.25) is 0 Å². The summed E-state index contributed by atoms with van der Waals surface area (Å²) >= 11 is 5.42. The lowest BCUT2D eigenvalue weighted by molar-refractivity contribution is -0.138. The highest BCUT2D eigenvalue weighted by Gasteiger charge is 2.39. The number of hydrogen-bond donors (Lipinski definition) is 0. The van der Waals surface area contributed by atoms with Gasteiger partial charge in [-0.1, -0.05) is 24.3 Å². The molecule has 178 valence electrons. The van der Waals surface area contributed by atoms with Gasteiger partial charge >= 0.3 is 6.18 Å². The molecule has 1 aromatic heterocycles. The zero-order chi connectivity index (χ0) is 25.3. The average Bonchev–Trinajstić information content (AvgIpc) is 3.12. The molecule has 0 aliphatic carbocycles. The van der Waals surface area contributed by atoms with E-state index in [0.29, 0.717) is 5.69 Å². The Morgan fingerprint density at radius 1 is 1.06 bits per heavy atom. The molecule has 1 amide bonds. The Morgan fingerprint density at radius 2 is 1.66 bits per heavy atom. The lowest BCUT2D eigenvalue weighted by Gasteiger charge is -2.21. The molecule has 1 fully saturated rings. The summed E-state index contributed by atoms with van der Waals surface area (Å²) in [4.78, 5) is 18.8. The van der Waals surface area contributed by atoms with Crippen LogP contribution in [0.15, 0.2) is 60.8 Å². The first kappa shape index (κ1) is 24.2. The van der Waals surface area contributed by atoms with Gasteiger partial charge in [0.05, 0.1) is 23.6 Å². The number of nitrogens with zero attached hydrogens (tertiary/aromatic N) is 4. The molecule has 4 rings (SSSR count). The van der Waals surface area contributed by atoms with Gasteiger partial charge in [0.25, 0.3) is 5.91 Å². The first-order valence-corrected chi connectivity index (χ1v) is 11.0. The molecule has 35 heavy (non-hydrogen) atoms. The Hall–Kier alpha value is -3.97. The minimum absolute atomic E-state index is 0.0255. The van der Waals surface area contributed by atoms with Gasteiger partial charge in [-0.05, 0) is 67.5 Å². The third-order valence-electron chi connectivity index (χ3n) is 5.25. The summed E-state index contributed by atoms with van der Waals surface area (Å²) in [7, 11) is 0. The Bertz CT molecular complexity index is 1320. The molecule has 2 heterocycles. The second kappa shape index (κ2) is 9.35. The second-order valence-corrected chi connectivity index (χ2v) is 8.40. The molecule has 0 atom stereocenters. The number of hydrogen-bond acceptors (Lipinski definition) is 5. The van der Waals surface area contributed by atoms with Crippen molar-refractivity contribution in [1.29, 1.82) is 5.26 Å². The van der Waals surface area contributed by atoms with E-state index in [1.54, 1.807) is 12.1 Å². The topological polar surface area (TPSA) is 69.5 Å². The number of carbonyl (C=O) groups excluding carboxylic acids is 1. The molecular weight excluding hydrogens is 477 g/mol. The second-order valence-electron chi connectivity index (χ2n) is 8.03. The molecule has 10 heteroatoms. The number of aromatic nitrogens is 1. The van der Waals surface area contributed by atoms with Gasteiger partial charge in [-0.15, -0.1) is 0 Å². The van der Waals surface area contributed by atoms with Crippen molar-refractivity contribution in [2.24, 2.45) is 0 Å². The highest BCUT2D eigenvalue weighted by Crippen LogP contribution is 2.35. The summed E-state index contributed by atoms with van der Waals surface area (Å²) in [5.74, 6) is 0.270. The number of halogens is 3. The number of benzene rings is 2. The molecular formula is C25H19F3N4O2S. The van der Waals surface area contributed by atoms with Crippen LogP contribution in [0.4, 0.5) is 24.5 Å². The van der Waals surface area contributed by atoms with Gasteiger partial charge in [0.1, 0.15) is 18.4 Å². The zero-order valence-electron chi connectivity index (χ0n) is 18.7. The molecule has 0 N–H and O–H groups in total. The van der Waals surface area contributed by atoms with Crippen LogP contribution in [0.3, 0.4) is 0 Å². The van der Waals surface area contributed by atoms with E-state index in [2.05, 4.69) is 4.98 Å². The third kappa shape index (κ3) is 4.95. The van der Waals surface area contributed by atoms with E-state index in [-0.39, 0.29) is 23.4 Å². The summed E-state index contributed by atoms with van der Waals surface area (Å²) in [6.07, 6.45) is -3.68. The maximum absolute atomic E-state index is 13.3. The van der Waals surface area contributed by atoms with Gasteiger partial charge in [0, 0.05) is 5.69 Å². The van der Waals surface area contributed by atoms with E-state index in [0.717, 1.165) is 34.0 Å². The van der Waals surface area contributed by atoms with Crippen molar-refractivity contribution < 1.29 is 22.7 Å². The van der Waals surface area contributed by atoms with Gasteiger partial charge in [-0.3, -0.25) is 9.69 Å². The smallest absolute Gasteiger partial charge is 0.419 e. The SMILES string of the molecule is CC(C)Oc1ccc(-c2ccc(N3CC(=O)N(c4cnc(C#N)c(C(F)(F)F)c4)C3=S)cc2)cc1. The summed E-state index contributed by atoms with van der Waals surface area (Å²) in [6, 6.07) is 17.1. The lowest BCUT2D eigenvalue weighted by atomic mass is 10.1. The molecule has 0 bridgehead atoms. The van der Waals surface area contributed by atoms with Crippen LogP contribution < -0.4 is 14.5 Å². The minimum atomic E-state index is -4.80. The fourth-order valence-electron chi connectivity index (χ4n) is 3.67. The van der Waals surface area contributed by atoms with Crippen LogP contribution in [0, 0.1) is 11.3 Å². The highest BCUT2D eigenvalue weighted by molar-refractivity contribution is 7.81. The standard InChI is InChI=1S/C25H19F3N4O2S/c1-15(2)34-20-9-5-17(6-10-20)16-3-7-18(8-4-16)31-14-23(33)32(24(31)35)19-11-21(25(26,27)28)22(12-29)30-13-19/h3-11,13,15H,14H2,1-2H3. The Balaban J connectivity index is 1.56. The first-order valence-electron chi connectivity index (χ1n) is 10.6. The van der Waals surface area contributed by atoms with Gasteiger partial charge in [0.15, 0.2) is 10.8 Å². The number of amides is 1. The summed E-state index contributed by atoms with van der Waals surface area (Å²) in [6.45, 7) is 3.77. The predicted octanol–water partition coefficient (Wildman–Crippen LogP) is 5.56. The van der Waals surface area contributed by atoms with Gasteiger partial charge < -0.3 is 9.64 Å². The minimum Gasteiger partial charge on any atom is -0.491 e. The largest absolute Gasteiger partial charge is 0.491 e. The molecule has 1 aliphatic heterocycles. The first-order chi connectivity index (χ1) is 16.6. The van der Waals surface area contributed by atoms with Crippen LogP contribution in [-0.2, 0) is 11.0 Å². The molecule has 1 aliphatic rings. The maximum atomic E-state index is 13.3. The normalized spacial score (nSPS) is 14.0. The van der Waals surface area contributed by atoms with E-state index in [9.17, 15) is 18.0 Å². The predicted molar refractivity (Wildman–Crippen MR) is 129 cm³/mol. The zero-order valence-corrected chi connectivity index (χ0v) is 19.5. The monoisotopic (exact) mass is 496 g/mol. The van der Waals surface area contributed by atoms with E-state index < -0.39 is 23.3 Å². The fraction of sp³-hybridized carbons (Fsp3) is 0.200. The molecule has 1 saturated heterocycles. The Morgan fingerprint density at radius 3 is 2.20 bits per heavy atom. The molecule has 6 nitrogen and oxygen atoms in total. The van der Waals surface area contributed by atoms with Crippen LogP contribution in [0.1, 0.15) is 25.1 Å². The van der Waals surface area contributed by atoms with Crippen molar-refractivity contribution in [3.8, 4) is 22.9 Å². The molecule has 0 saturated carbocycles. The third-order valence-corrected chi connectivity index (χ3v) is 5.65. The van der Waals surface area contributed by atoms with Crippen molar-refractivity contribution >= 4 is 34.6 Å². The van der Waals surface area contributed by atoms with Gasteiger partial charge in [0.2, 0.25) is 0 Å². The quantitative estimate of drug-likeness (QED) is 0.431. The number of carbonyl (C=O) groups is 1. The van der Waals surface area contributed by atoms with Crippen molar-refractivity contribution in [3.05, 3.63) is 72.1 Å². The van der Waals surface area contributed by atoms with Crippen LogP contribution in [-0.4, -0.2) is 28.7 Å². The fourth-order valence-corrected chi connectivity index (χ4v) is 4.05. The van der Waals surface area contributed by atoms with E-state index in [4.69, 9.17) is 22.2 Å². The molecule has 2 aromatic carbocycles. The van der Waals surface area contributed by atoms with Gasteiger partial charge in [-0.25, -0.2) is 4.98 Å². The van der Waals surface area contributed by atoms with Crippen molar-refractivity contribution in [3.63, 3.8) is 0 Å². The number of alkyl halides is 3. The molecule has 0 unspecified atom stereocenters. The number of ether oxygens (including phenoxy) is 1. The molecule has 3 aromatic rings. The number of nitriles is 1. The van der Waals surface area contributed by atoms with Crippen molar-refractivity contribution in [1.82, 2.24) is 4.98 Å². The number of pyridine rings is 1. The van der Waals surface area contributed by atoms with Crippen molar-refractivity contribution in [2.45, 2.75) is 26.1 Å². The number of anilines is 2. The Kier molecular flexibility index (Phi) is 6.45. The average molecular weight is 497 g/mol. The van der Waals surface area contributed by atoms with E-state index in [1.807, 2.05) is 50.2 Å². The van der Waals surface area contributed by atoms with E-state index >= 15 is 0 Å². The van der Waals surface area contributed by atoms with Crippen LogP contribution in [0.25, 0.3) is 11.1 Å². The molecule has 0 radical (unpaired) electrons. The lowest BCUT2D eigenvalue weighted by Crippen LogP contribution is -2.33. The Labute approximate surface area is 205 Å².